The number of thiophene rings is 1. The van der Waals surface area contributed by atoms with Crippen LogP contribution in [0, 0.1) is 5.92 Å². The number of nitrogens with one attached hydrogen (secondary N) is 2. The second-order valence-corrected chi connectivity index (χ2v) is 7.99. The topological polar surface area (TPSA) is 71.1 Å². The number of carbonyl (C=O) groups excluding carboxylic acids is 2. The normalized spacial score (nSPS) is 20.5. The Balaban J connectivity index is 1.52. The smallest absolute Gasteiger partial charge is 0.267 e. The first-order chi connectivity index (χ1) is 11.6. The average molecular weight is 364 g/mol. The van der Waals surface area contributed by atoms with Crippen LogP contribution in [0.25, 0.3) is 0 Å². The summed E-state index contributed by atoms with van der Waals surface area (Å²) in [5.74, 6) is 0.389. The van der Waals surface area contributed by atoms with Gasteiger partial charge in [0, 0.05) is 11.4 Å². The molecule has 0 aromatic carbocycles. The van der Waals surface area contributed by atoms with E-state index in [0.717, 1.165) is 6.42 Å². The fourth-order valence-corrected chi connectivity index (χ4v) is 4.29. The maximum atomic E-state index is 12.2. The van der Waals surface area contributed by atoms with Crippen LogP contribution >= 0.6 is 22.7 Å². The van der Waals surface area contributed by atoms with Crippen molar-refractivity contribution in [3.8, 4) is 0 Å². The standard InChI is InChI=1S/C17H21N3O2S2/c1-11-5-2-3-6-13(11)19-15(21)9-12-10-24-17(18-12)20-16(22)14-7-4-8-23-14/h4,7-8,10-11,13H,2-3,5-6,9H2,1H3,(H,19,21)(H,18,20,22)/t11-,13-/m0/s1. The largest absolute Gasteiger partial charge is 0.353 e. The van der Waals surface area contributed by atoms with Gasteiger partial charge in [-0.15, -0.1) is 22.7 Å². The molecule has 2 aromatic heterocycles. The first kappa shape index (κ1) is 17.1. The van der Waals surface area contributed by atoms with E-state index < -0.39 is 0 Å². The Labute approximate surface area is 149 Å². The molecule has 2 aromatic rings. The maximum absolute atomic E-state index is 12.2. The van der Waals surface area contributed by atoms with Gasteiger partial charge in [-0.05, 0) is 30.2 Å². The molecule has 2 heterocycles. The van der Waals surface area contributed by atoms with Crippen LogP contribution in [0.3, 0.4) is 0 Å². The minimum atomic E-state index is -0.161. The third kappa shape index (κ3) is 4.42. The van der Waals surface area contributed by atoms with Gasteiger partial charge in [0.05, 0.1) is 17.0 Å². The predicted octanol–water partition coefficient (Wildman–Crippen LogP) is 3.69. The van der Waals surface area contributed by atoms with Gasteiger partial charge in [0.2, 0.25) is 5.91 Å². The fourth-order valence-electron chi connectivity index (χ4n) is 2.97. The van der Waals surface area contributed by atoms with Gasteiger partial charge in [-0.1, -0.05) is 25.8 Å². The Kier molecular flexibility index (Phi) is 5.63. The molecule has 128 valence electrons. The van der Waals surface area contributed by atoms with Crippen molar-refractivity contribution >= 4 is 39.6 Å². The van der Waals surface area contributed by atoms with Crippen molar-refractivity contribution in [1.82, 2.24) is 10.3 Å². The van der Waals surface area contributed by atoms with E-state index >= 15 is 0 Å². The Morgan fingerprint density at radius 2 is 2.12 bits per heavy atom. The molecular formula is C17H21N3O2S2. The zero-order chi connectivity index (χ0) is 16.9. The lowest BCUT2D eigenvalue weighted by atomic mass is 9.86. The second-order valence-electron chi connectivity index (χ2n) is 6.19. The van der Waals surface area contributed by atoms with Crippen LogP contribution in [0.1, 0.15) is 48.0 Å². The number of carbonyl (C=O) groups is 2. The van der Waals surface area contributed by atoms with E-state index in [1.807, 2.05) is 16.8 Å². The van der Waals surface area contributed by atoms with E-state index in [2.05, 4.69) is 22.5 Å². The van der Waals surface area contributed by atoms with Crippen molar-refractivity contribution in [2.45, 2.75) is 45.1 Å². The molecule has 5 nitrogen and oxygen atoms in total. The van der Waals surface area contributed by atoms with Crippen molar-refractivity contribution in [1.29, 1.82) is 0 Å². The summed E-state index contributed by atoms with van der Waals surface area (Å²) >= 11 is 2.73. The molecule has 2 N–H and O–H groups in total. The molecule has 1 saturated carbocycles. The SMILES string of the molecule is C[C@H]1CCCC[C@@H]1NC(=O)Cc1csc(NC(=O)c2cccs2)n1. The highest BCUT2D eigenvalue weighted by atomic mass is 32.1. The number of hydrogen-bond acceptors (Lipinski definition) is 5. The molecule has 3 rings (SSSR count). The van der Waals surface area contributed by atoms with Gasteiger partial charge in [0.1, 0.15) is 0 Å². The van der Waals surface area contributed by atoms with Crippen LogP contribution in [-0.2, 0) is 11.2 Å². The number of rotatable bonds is 5. The maximum Gasteiger partial charge on any atom is 0.267 e. The third-order valence-corrected chi connectivity index (χ3v) is 5.99. The molecule has 0 spiro atoms. The summed E-state index contributed by atoms with van der Waals surface area (Å²) in [5.41, 5.74) is 0.697. The van der Waals surface area contributed by atoms with E-state index in [-0.39, 0.29) is 24.3 Å². The predicted molar refractivity (Wildman–Crippen MR) is 97.7 cm³/mol. The molecule has 1 aliphatic rings. The molecular weight excluding hydrogens is 342 g/mol. The minimum absolute atomic E-state index is 0.00943. The van der Waals surface area contributed by atoms with Crippen molar-refractivity contribution in [2.75, 3.05) is 5.32 Å². The van der Waals surface area contributed by atoms with Crippen LogP contribution in [0.5, 0.6) is 0 Å². The highest BCUT2D eigenvalue weighted by Crippen LogP contribution is 2.24. The van der Waals surface area contributed by atoms with Gasteiger partial charge in [0.25, 0.3) is 5.91 Å². The van der Waals surface area contributed by atoms with Crippen LogP contribution in [0.15, 0.2) is 22.9 Å². The number of anilines is 1. The molecule has 2 amide bonds. The van der Waals surface area contributed by atoms with Gasteiger partial charge >= 0.3 is 0 Å². The molecule has 2 atom stereocenters. The number of amides is 2. The van der Waals surface area contributed by atoms with E-state index in [1.54, 1.807) is 6.07 Å². The minimum Gasteiger partial charge on any atom is -0.353 e. The number of aromatic nitrogens is 1. The zero-order valence-electron chi connectivity index (χ0n) is 13.6. The summed E-state index contributed by atoms with van der Waals surface area (Å²) < 4.78 is 0. The van der Waals surface area contributed by atoms with Crippen LogP contribution in [0.2, 0.25) is 0 Å². The van der Waals surface area contributed by atoms with Gasteiger partial charge < -0.3 is 5.32 Å². The van der Waals surface area contributed by atoms with Crippen LogP contribution in [0.4, 0.5) is 5.13 Å². The molecule has 0 saturated heterocycles. The molecule has 7 heteroatoms. The van der Waals surface area contributed by atoms with Crippen molar-refractivity contribution < 1.29 is 9.59 Å². The molecule has 0 bridgehead atoms. The Morgan fingerprint density at radius 3 is 2.88 bits per heavy atom. The Morgan fingerprint density at radius 1 is 1.29 bits per heavy atom. The first-order valence-electron chi connectivity index (χ1n) is 8.20. The lowest BCUT2D eigenvalue weighted by molar-refractivity contribution is -0.121. The van der Waals surface area contributed by atoms with Gasteiger partial charge in [-0.3, -0.25) is 14.9 Å². The van der Waals surface area contributed by atoms with E-state index in [4.69, 9.17) is 0 Å². The number of hydrogen-bond donors (Lipinski definition) is 2. The summed E-state index contributed by atoms with van der Waals surface area (Å²) in [4.78, 5) is 29.2. The highest BCUT2D eigenvalue weighted by Gasteiger charge is 2.23. The zero-order valence-corrected chi connectivity index (χ0v) is 15.2. The molecule has 0 unspecified atom stereocenters. The van der Waals surface area contributed by atoms with Gasteiger partial charge in [-0.2, -0.15) is 0 Å². The summed E-state index contributed by atoms with van der Waals surface area (Å²) in [6.07, 6.45) is 4.94. The third-order valence-electron chi connectivity index (χ3n) is 4.32. The summed E-state index contributed by atoms with van der Waals surface area (Å²) in [6, 6.07) is 3.89. The Bertz CT molecular complexity index is 697. The molecule has 1 aliphatic carbocycles. The molecule has 0 radical (unpaired) electrons. The van der Waals surface area contributed by atoms with Crippen LogP contribution < -0.4 is 10.6 Å². The van der Waals surface area contributed by atoms with Crippen molar-refractivity contribution in [3.63, 3.8) is 0 Å². The molecule has 1 fully saturated rings. The lowest BCUT2D eigenvalue weighted by Crippen LogP contribution is -2.41. The highest BCUT2D eigenvalue weighted by molar-refractivity contribution is 7.14. The second kappa shape index (κ2) is 7.90. The van der Waals surface area contributed by atoms with Gasteiger partial charge in [0.15, 0.2) is 5.13 Å². The number of thiazole rings is 1. The van der Waals surface area contributed by atoms with Crippen molar-refractivity contribution in [3.05, 3.63) is 33.5 Å². The van der Waals surface area contributed by atoms with Gasteiger partial charge in [-0.25, -0.2) is 4.98 Å². The summed E-state index contributed by atoms with van der Waals surface area (Å²) in [5, 5.41) is 10.1. The molecule has 0 aliphatic heterocycles. The first-order valence-corrected chi connectivity index (χ1v) is 9.96. The number of nitrogens with zero attached hydrogens (tertiary/aromatic N) is 1. The summed E-state index contributed by atoms with van der Waals surface area (Å²) in [6.45, 7) is 2.20. The van der Waals surface area contributed by atoms with Crippen LogP contribution in [-0.4, -0.2) is 22.8 Å². The monoisotopic (exact) mass is 363 g/mol. The fraction of sp³-hybridized carbons (Fsp3) is 0.471. The van der Waals surface area contributed by atoms with E-state index in [0.29, 0.717) is 21.6 Å². The van der Waals surface area contributed by atoms with E-state index in [9.17, 15) is 9.59 Å². The summed E-state index contributed by atoms with van der Waals surface area (Å²) in [7, 11) is 0. The van der Waals surface area contributed by atoms with Crippen molar-refractivity contribution in [2.24, 2.45) is 5.92 Å². The quantitative estimate of drug-likeness (QED) is 0.851. The lowest BCUT2D eigenvalue weighted by Gasteiger charge is -2.29. The van der Waals surface area contributed by atoms with E-state index in [1.165, 1.54) is 41.9 Å². The Hall–Kier alpha value is -1.73. The average Bonchev–Trinajstić information content (AvgIpc) is 3.21. The molecule has 24 heavy (non-hydrogen) atoms.